The number of nitrogens with zero attached hydrogens (tertiary/aromatic N) is 3. The highest BCUT2D eigenvalue weighted by Gasteiger charge is 2.46. The monoisotopic (exact) mass is 465 g/mol. The number of rotatable bonds is 6. The molecule has 0 saturated heterocycles. The van der Waals surface area contributed by atoms with Gasteiger partial charge in [0.2, 0.25) is 5.91 Å². The summed E-state index contributed by atoms with van der Waals surface area (Å²) in [6.45, 7) is 4.48. The molecule has 1 aliphatic carbocycles. The molecular weight excluding hydrogens is 430 g/mol. The lowest BCUT2D eigenvalue weighted by atomic mass is 9.95. The van der Waals surface area contributed by atoms with Crippen molar-refractivity contribution < 1.29 is 14.4 Å². The van der Waals surface area contributed by atoms with Crippen LogP contribution >= 0.6 is 0 Å². The molecule has 1 saturated carbocycles. The number of nitrogens with one attached hydrogen (secondary N) is 2. The molecular formula is C26H35N5O3. The van der Waals surface area contributed by atoms with Gasteiger partial charge in [-0.15, -0.1) is 0 Å². The Hall–Kier alpha value is -3.16. The second kappa shape index (κ2) is 9.99. The molecule has 1 fully saturated rings. The first-order chi connectivity index (χ1) is 16.3. The molecule has 2 atom stereocenters. The fraction of sp³-hybridized carbons (Fsp3) is 0.538. The standard InChI is InChI=1S/C26H35N5O3/c1-18(19-11-7-6-8-12-19)16-27-23(32)21-15-22-24(33)30(3)26(2,17-31(22)29-21)25(34)28-20-13-9-4-5-10-14-20/h6-8,11-12,15,18,20H,4-5,9-10,13-14,16-17H2,1-3H3,(H,27,32)(H,28,34)/t18-,26+/m0/s1. The van der Waals surface area contributed by atoms with E-state index in [4.69, 9.17) is 0 Å². The molecule has 1 aliphatic heterocycles. The summed E-state index contributed by atoms with van der Waals surface area (Å²) in [5.41, 5.74) is 0.575. The molecule has 1 aromatic carbocycles. The van der Waals surface area contributed by atoms with Crippen molar-refractivity contribution in [1.82, 2.24) is 25.3 Å². The molecule has 0 spiro atoms. The van der Waals surface area contributed by atoms with Gasteiger partial charge in [0, 0.05) is 25.7 Å². The van der Waals surface area contributed by atoms with E-state index < -0.39 is 5.54 Å². The minimum absolute atomic E-state index is 0.141. The summed E-state index contributed by atoms with van der Waals surface area (Å²) in [6.07, 6.45) is 6.57. The van der Waals surface area contributed by atoms with Crippen molar-refractivity contribution in [2.45, 2.75) is 76.4 Å². The molecule has 1 aromatic heterocycles. The lowest BCUT2D eigenvalue weighted by molar-refractivity contribution is -0.133. The number of amides is 3. The zero-order chi connectivity index (χ0) is 24.3. The summed E-state index contributed by atoms with van der Waals surface area (Å²) < 4.78 is 1.50. The molecule has 2 aromatic rings. The Morgan fingerprint density at radius 1 is 1.15 bits per heavy atom. The van der Waals surface area contributed by atoms with Crippen LogP contribution in [0.3, 0.4) is 0 Å². The maximum atomic E-state index is 13.3. The second-order valence-corrected chi connectivity index (χ2v) is 9.89. The van der Waals surface area contributed by atoms with E-state index >= 15 is 0 Å². The van der Waals surface area contributed by atoms with Gasteiger partial charge in [-0.1, -0.05) is 62.9 Å². The number of likely N-dealkylation sites (N-methyl/N-ethyl adjacent to an activating group) is 1. The molecule has 0 bridgehead atoms. The lowest BCUT2D eigenvalue weighted by Crippen LogP contribution is -2.63. The van der Waals surface area contributed by atoms with Gasteiger partial charge in [-0.2, -0.15) is 5.10 Å². The van der Waals surface area contributed by atoms with E-state index in [1.807, 2.05) is 37.3 Å². The van der Waals surface area contributed by atoms with Crippen LogP contribution in [0.25, 0.3) is 0 Å². The molecule has 0 unspecified atom stereocenters. The van der Waals surface area contributed by atoms with Gasteiger partial charge in [-0.05, 0) is 31.2 Å². The first-order valence-electron chi connectivity index (χ1n) is 12.3. The predicted molar refractivity (Wildman–Crippen MR) is 130 cm³/mol. The van der Waals surface area contributed by atoms with Crippen molar-refractivity contribution in [2.75, 3.05) is 13.6 Å². The van der Waals surface area contributed by atoms with Gasteiger partial charge in [-0.3, -0.25) is 19.1 Å². The highest BCUT2D eigenvalue weighted by Crippen LogP contribution is 2.27. The van der Waals surface area contributed by atoms with Gasteiger partial charge in [0.15, 0.2) is 5.69 Å². The van der Waals surface area contributed by atoms with Crippen molar-refractivity contribution in [1.29, 1.82) is 0 Å². The summed E-state index contributed by atoms with van der Waals surface area (Å²) in [5, 5.41) is 10.5. The third-order valence-electron chi connectivity index (χ3n) is 7.35. The van der Waals surface area contributed by atoms with Crippen LogP contribution in [0.1, 0.15) is 84.8 Å². The Balaban J connectivity index is 1.44. The van der Waals surface area contributed by atoms with E-state index in [-0.39, 0.29) is 41.9 Å². The van der Waals surface area contributed by atoms with E-state index in [1.54, 1.807) is 14.0 Å². The maximum Gasteiger partial charge on any atom is 0.272 e. The zero-order valence-corrected chi connectivity index (χ0v) is 20.3. The van der Waals surface area contributed by atoms with Gasteiger partial charge in [0.25, 0.3) is 11.8 Å². The van der Waals surface area contributed by atoms with Gasteiger partial charge >= 0.3 is 0 Å². The van der Waals surface area contributed by atoms with Crippen molar-refractivity contribution in [2.24, 2.45) is 0 Å². The van der Waals surface area contributed by atoms with Crippen LogP contribution in [0.15, 0.2) is 36.4 Å². The third-order valence-corrected chi connectivity index (χ3v) is 7.35. The van der Waals surface area contributed by atoms with Gasteiger partial charge in [0.1, 0.15) is 11.2 Å². The SMILES string of the molecule is C[C@@H](CNC(=O)c1cc2n(n1)C[C@](C)(C(=O)NC1CCCCCC1)N(C)C2=O)c1ccccc1. The number of hydrogen-bond acceptors (Lipinski definition) is 4. The second-order valence-electron chi connectivity index (χ2n) is 9.89. The van der Waals surface area contributed by atoms with Crippen LogP contribution in [0, 0.1) is 0 Å². The molecule has 2 aliphatic rings. The first-order valence-corrected chi connectivity index (χ1v) is 12.3. The minimum Gasteiger partial charge on any atom is -0.351 e. The van der Waals surface area contributed by atoms with Crippen LogP contribution in [-0.4, -0.2) is 57.6 Å². The van der Waals surface area contributed by atoms with Crippen LogP contribution in [0.5, 0.6) is 0 Å². The molecule has 182 valence electrons. The summed E-state index contributed by atoms with van der Waals surface area (Å²) in [4.78, 5) is 40.7. The smallest absolute Gasteiger partial charge is 0.272 e. The Morgan fingerprint density at radius 3 is 2.50 bits per heavy atom. The predicted octanol–water partition coefficient (Wildman–Crippen LogP) is 3.10. The molecule has 3 amide bonds. The summed E-state index contributed by atoms with van der Waals surface area (Å²) in [6, 6.07) is 11.6. The van der Waals surface area contributed by atoms with Crippen molar-refractivity contribution in [3.8, 4) is 0 Å². The van der Waals surface area contributed by atoms with E-state index in [1.165, 1.54) is 28.5 Å². The highest BCUT2D eigenvalue weighted by molar-refractivity contribution is 6.01. The maximum absolute atomic E-state index is 13.3. The number of benzene rings is 1. The van der Waals surface area contributed by atoms with Crippen molar-refractivity contribution in [3.05, 3.63) is 53.3 Å². The topological polar surface area (TPSA) is 96.3 Å². The van der Waals surface area contributed by atoms with Crippen molar-refractivity contribution in [3.63, 3.8) is 0 Å². The number of hydrogen-bond donors (Lipinski definition) is 2. The molecule has 2 heterocycles. The Labute approximate surface area is 201 Å². The van der Waals surface area contributed by atoms with Gasteiger partial charge < -0.3 is 15.5 Å². The normalized spacial score (nSPS) is 22.0. The van der Waals surface area contributed by atoms with Crippen LogP contribution in [-0.2, 0) is 11.3 Å². The van der Waals surface area contributed by atoms with Crippen LogP contribution < -0.4 is 10.6 Å². The molecule has 0 radical (unpaired) electrons. The average Bonchev–Trinajstić information content (AvgIpc) is 3.09. The fourth-order valence-electron chi connectivity index (χ4n) is 4.84. The Kier molecular flexibility index (Phi) is 7.05. The number of fused-ring (bicyclic) bond motifs is 1. The molecule has 8 heteroatoms. The Bertz CT molecular complexity index is 1040. The third kappa shape index (κ3) is 4.86. The molecule has 2 N–H and O–H groups in total. The van der Waals surface area contributed by atoms with E-state index in [9.17, 15) is 14.4 Å². The summed E-state index contributed by atoms with van der Waals surface area (Å²) in [7, 11) is 1.65. The number of aromatic nitrogens is 2. The van der Waals surface area contributed by atoms with E-state index in [0.29, 0.717) is 12.2 Å². The van der Waals surface area contributed by atoms with Crippen LogP contribution in [0.4, 0.5) is 0 Å². The molecule has 8 nitrogen and oxygen atoms in total. The first kappa shape index (κ1) is 24.0. The van der Waals surface area contributed by atoms with Crippen LogP contribution in [0.2, 0.25) is 0 Å². The largest absolute Gasteiger partial charge is 0.351 e. The number of carbonyl (C=O) groups is 3. The molecule has 4 rings (SSSR count). The van der Waals surface area contributed by atoms with Gasteiger partial charge in [-0.25, -0.2) is 0 Å². The van der Waals surface area contributed by atoms with Gasteiger partial charge in [0.05, 0.1) is 6.54 Å². The summed E-state index contributed by atoms with van der Waals surface area (Å²) in [5.74, 6) is -0.663. The van der Waals surface area contributed by atoms with E-state index in [2.05, 4.69) is 15.7 Å². The Morgan fingerprint density at radius 2 is 1.82 bits per heavy atom. The van der Waals surface area contributed by atoms with E-state index in [0.717, 1.165) is 31.2 Å². The minimum atomic E-state index is -1.07. The molecule has 34 heavy (non-hydrogen) atoms. The fourth-order valence-corrected chi connectivity index (χ4v) is 4.84. The average molecular weight is 466 g/mol. The van der Waals surface area contributed by atoms with Crippen molar-refractivity contribution >= 4 is 17.7 Å². The quantitative estimate of drug-likeness (QED) is 0.641. The summed E-state index contributed by atoms with van der Waals surface area (Å²) >= 11 is 0. The zero-order valence-electron chi connectivity index (χ0n) is 20.3. The number of carbonyl (C=O) groups excluding carboxylic acids is 3. The highest BCUT2D eigenvalue weighted by atomic mass is 16.2. The lowest BCUT2D eigenvalue weighted by Gasteiger charge is -2.41.